The summed E-state index contributed by atoms with van der Waals surface area (Å²) >= 11 is 5.75. The SMILES string of the molecule is O=[N+]([O-])c1ccc(OC2CCC2)cc1Cl. The Hall–Kier alpha value is -1.29. The molecule has 0 unspecified atom stereocenters. The zero-order chi connectivity index (χ0) is 10.8. The van der Waals surface area contributed by atoms with Crippen molar-refractivity contribution in [3.05, 3.63) is 33.3 Å². The number of halogens is 1. The quantitative estimate of drug-likeness (QED) is 0.589. The van der Waals surface area contributed by atoms with E-state index in [1.165, 1.54) is 18.6 Å². The van der Waals surface area contributed by atoms with Crippen LogP contribution in [-0.4, -0.2) is 11.0 Å². The third-order valence-corrected chi connectivity index (χ3v) is 2.77. The van der Waals surface area contributed by atoms with Gasteiger partial charge in [0.15, 0.2) is 0 Å². The second kappa shape index (κ2) is 4.06. The number of nitrogens with zero attached hydrogens (tertiary/aromatic N) is 1. The summed E-state index contributed by atoms with van der Waals surface area (Å²) in [5.74, 6) is 0.607. The van der Waals surface area contributed by atoms with Gasteiger partial charge in [-0.1, -0.05) is 11.6 Å². The molecule has 2 rings (SSSR count). The molecule has 0 heterocycles. The van der Waals surface area contributed by atoms with E-state index in [9.17, 15) is 10.1 Å². The molecule has 1 saturated carbocycles. The van der Waals surface area contributed by atoms with Gasteiger partial charge in [-0.05, 0) is 25.3 Å². The van der Waals surface area contributed by atoms with Gasteiger partial charge in [-0.25, -0.2) is 0 Å². The van der Waals surface area contributed by atoms with Gasteiger partial charge in [0.1, 0.15) is 10.8 Å². The summed E-state index contributed by atoms with van der Waals surface area (Å²) in [7, 11) is 0. The van der Waals surface area contributed by atoms with Gasteiger partial charge in [0, 0.05) is 12.1 Å². The van der Waals surface area contributed by atoms with Gasteiger partial charge in [0.2, 0.25) is 0 Å². The number of nitro benzene ring substituents is 1. The van der Waals surface area contributed by atoms with E-state index in [1.807, 2.05) is 0 Å². The van der Waals surface area contributed by atoms with Gasteiger partial charge in [-0.3, -0.25) is 10.1 Å². The van der Waals surface area contributed by atoms with Crippen molar-refractivity contribution >= 4 is 17.3 Å². The first-order valence-corrected chi connectivity index (χ1v) is 5.15. The molecule has 15 heavy (non-hydrogen) atoms. The summed E-state index contributed by atoms with van der Waals surface area (Å²) in [5.41, 5.74) is -0.0855. The molecule has 1 aliphatic carbocycles. The predicted octanol–water partition coefficient (Wildman–Crippen LogP) is 3.18. The Balaban J connectivity index is 2.13. The molecule has 0 saturated heterocycles. The number of hydrogen-bond acceptors (Lipinski definition) is 3. The maximum Gasteiger partial charge on any atom is 0.288 e. The first kappa shape index (κ1) is 10.2. The summed E-state index contributed by atoms with van der Waals surface area (Å²) in [6.45, 7) is 0. The molecule has 0 atom stereocenters. The van der Waals surface area contributed by atoms with E-state index in [4.69, 9.17) is 16.3 Å². The Morgan fingerprint density at radius 3 is 2.67 bits per heavy atom. The van der Waals surface area contributed by atoms with Crippen molar-refractivity contribution in [2.45, 2.75) is 25.4 Å². The maximum atomic E-state index is 10.5. The monoisotopic (exact) mass is 227 g/mol. The van der Waals surface area contributed by atoms with Crippen molar-refractivity contribution < 1.29 is 9.66 Å². The topological polar surface area (TPSA) is 52.4 Å². The highest BCUT2D eigenvalue weighted by atomic mass is 35.5. The Bertz CT molecular complexity index is 390. The fourth-order valence-electron chi connectivity index (χ4n) is 1.39. The minimum Gasteiger partial charge on any atom is -0.490 e. The van der Waals surface area contributed by atoms with Crippen LogP contribution in [-0.2, 0) is 0 Å². The predicted molar refractivity (Wildman–Crippen MR) is 56.4 cm³/mol. The van der Waals surface area contributed by atoms with Gasteiger partial charge in [0.25, 0.3) is 5.69 Å². The molecule has 0 bridgehead atoms. The highest BCUT2D eigenvalue weighted by Gasteiger charge is 2.20. The van der Waals surface area contributed by atoms with Gasteiger partial charge in [-0.15, -0.1) is 0 Å². The second-order valence-electron chi connectivity index (χ2n) is 3.54. The molecule has 4 nitrogen and oxygen atoms in total. The van der Waals surface area contributed by atoms with Crippen LogP contribution in [0.4, 0.5) is 5.69 Å². The minimum atomic E-state index is -0.505. The van der Waals surface area contributed by atoms with Crippen LogP contribution >= 0.6 is 11.6 Å². The Morgan fingerprint density at radius 2 is 2.20 bits per heavy atom. The standard InChI is InChI=1S/C10H10ClNO3/c11-9-6-8(15-7-2-1-3-7)4-5-10(9)12(13)14/h4-7H,1-3H2. The Morgan fingerprint density at radius 1 is 1.47 bits per heavy atom. The van der Waals surface area contributed by atoms with Crippen LogP contribution in [0.1, 0.15) is 19.3 Å². The average Bonchev–Trinajstić information content (AvgIpc) is 2.11. The molecule has 1 aromatic rings. The molecule has 1 aromatic carbocycles. The van der Waals surface area contributed by atoms with Gasteiger partial charge in [-0.2, -0.15) is 0 Å². The van der Waals surface area contributed by atoms with Crippen LogP contribution in [0.15, 0.2) is 18.2 Å². The normalized spacial score (nSPS) is 15.8. The lowest BCUT2D eigenvalue weighted by atomic mass is 9.96. The third kappa shape index (κ3) is 2.21. The first-order valence-electron chi connectivity index (χ1n) is 4.77. The van der Waals surface area contributed by atoms with Crippen molar-refractivity contribution in [3.63, 3.8) is 0 Å². The van der Waals surface area contributed by atoms with Crippen LogP contribution in [0.3, 0.4) is 0 Å². The van der Waals surface area contributed by atoms with Crippen molar-refractivity contribution in [1.29, 1.82) is 0 Å². The van der Waals surface area contributed by atoms with Crippen LogP contribution in [0, 0.1) is 10.1 Å². The fourth-order valence-corrected chi connectivity index (χ4v) is 1.63. The lowest BCUT2D eigenvalue weighted by Crippen LogP contribution is -2.24. The number of hydrogen-bond donors (Lipinski definition) is 0. The first-order chi connectivity index (χ1) is 7.16. The summed E-state index contributed by atoms with van der Waals surface area (Å²) in [6.07, 6.45) is 3.54. The van der Waals surface area contributed by atoms with Crippen molar-refractivity contribution in [3.8, 4) is 5.75 Å². The summed E-state index contributed by atoms with van der Waals surface area (Å²) in [4.78, 5) is 10.00. The third-order valence-electron chi connectivity index (χ3n) is 2.47. The van der Waals surface area contributed by atoms with E-state index in [0.717, 1.165) is 12.8 Å². The molecule has 0 spiro atoms. The highest BCUT2D eigenvalue weighted by Crippen LogP contribution is 2.31. The molecule has 0 aliphatic heterocycles. The number of nitro groups is 1. The number of ether oxygens (including phenoxy) is 1. The second-order valence-corrected chi connectivity index (χ2v) is 3.95. The minimum absolute atomic E-state index is 0.0855. The van der Waals surface area contributed by atoms with Crippen LogP contribution in [0.5, 0.6) is 5.75 Å². The highest BCUT2D eigenvalue weighted by molar-refractivity contribution is 6.32. The molecular weight excluding hydrogens is 218 g/mol. The molecule has 5 heteroatoms. The largest absolute Gasteiger partial charge is 0.490 e. The Kier molecular flexibility index (Phi) is 2.77. The number of rotatable bonds is 3. The summed E-state index contributed by atoms with van der Waals surface area (Å²) in [5, 5.41) is 10.6. The van der Waals surface area contributed by atoms with Crippen molar-refractivity contribution in [2.24, 2.45) is 0 Å². The van der Waals surface area contributed by atoms with Gasteiger partial charge in [0.05, 0.1) is 11.0 Å². The fraction of sp³-hybridized carbons (Fsp3) is 0.400. The average molecular weight is 228 g/mol. The molecule has 1 fully saturated rings. The smallest absolute Gasteiger partial charge is 0.288 e. The van der Waals surface area contributed by atoms with E-state index in [2.05, 4.69) is 0 Å². The van der Waals surface area contributed by atoms with Crippen molar-refractivity contribution in [1.82, 2.24) is 0 Å². The van der Waals surface area contributed by atoms with Crippen molar-refractivity contribution in [2.75, 3.05) is 0 Å². The summed E-state index contributed by atoms with van der Waals surface area (Å²) in [6, 6.07) is 4.46. The van der Waals surface area contributed by atoms with Crippen LogP contribution in [0.25, 0.3) is 0 Å². The van der Waals surface area contributed by atoms with E-state index >= 15 is 0 Å². The molecule has 0 aromatic heterocycles. The van der Waals surface area contributed by atoms with E-state index in [1.54, 1.807) is 6.07 Å². The maximum absolute atomic E-state index is 10.5. The number of benzene rings is 1. The molecule has 0 N–H and O–H groups in total. The zero-order valence-corrected chi connectivity index (χ0v) is 8.74. The van der Waals surface area contributed by atoms with Crippen LogP contribution < -0.4 is 4.74 Å². The van der Waals surface area contributed by atoms with E-state index < -0.39 is 4.92 Å². The molecule has 0 radical (unpaired) electrons. The molecular formula is C10H10ClNO3. The lowest BCUT2D eigenvalue weighted by Gasteiger charge is -2.26. The Labute approximate surface area is 92.0 Å². The molecule has 1 aliphatic rings. The molecule has 80 valence electrons. The van der Waals surface area contributed by atoms with E-state index in [0.29, 0.717) is 5.75 Å². The van der Waals surface area contributed by atoms with E-state index in [-0.39, 0.29) is 16.8 Å². The van der Waals surface area contributed by atoms with Crippen LogP contribution in [0.2, 0.25) is 5.02 Å². The van der Waals surface area contributed by atoms with Gasteiger partial charge < -0.3 is 4.74 Å². The molecule has 0 amide bonds. The zero-order valence-electron chi connectivity index (χ0n) is 7.98. The summed E-state index contributed by atoms with van der Waals surface area (Å²) < 4.78 is 5.56. The van der Waals surface area contributed by atoms with Gasteiger partial charge >= 0.3 is 0 Å². The lowest BCUT2D eigenvalue weighted by molar-refractivity contribution is -0.384.